The van der Waals surface area contributed by atoms with Gasteiger partial charge in [-0.15, -0.1) is 6.58 Å². The molecule has 32 heavy (non-hydrogen) atoms. The van der Waals surface area contributed by atoms with Crippen molar-refractivity contribution in [3.8, 4) is 5.75 Å². The summed E-state index contributed by atoms with van der Waals surface area (Å²) >= 11 is 0. The van der Waals surface area contributed by atoms with E-state index in [9.17, 15) is 9.59 Å². The summed E-state index contributed by atoms with van der Waals surface area (Å²) in [6.45, 7) is 15.1. The number of hydrogen-bond donors (Lipinski definition) is 1. The topological polar surface area (TPSA) is 58.6 Å². The van der Waals surface area contributed by atoms with Gasteiger partial charge in [0, 0.05) is 12.2 Å². The summed E-state index contributed by atoms with van der Waals surface area (Å²) in [6, 6.07) is 15.2. The van der Waals surface area contributed by atoms with Gasteiger partial charge >= 0.3 is 0 Å². The third-order valence-corrected chi connectivity index (χ3v) is 5.23. The molecule has 1 N–H and O–H groups in total. The van der Waals surface area contributed by atoms with Gasteiger partial charge in [-0.25, -0.2) is 0 Å². The van der Waals surface area contributed by atoms with Crippen LogP contribution in [0.1, 0.15) is 45.7 Å². The lowest BCUT2D eigenvalue weighted by Gasteiger charge is -2.19. The maximum atomic E-state index is 13.1. The Labute approximate surface area is 190 Å². The Balaban J connectivity index is 1.95. The van der Waals surface area contributed by atoms with Crippen molar-refractivity contribution >= 4 is 23.1 Å². The molecule has 0 aromatic heterocycles. The highest BCUT2D eigenvalue weighted by Gasteiger charge is 2.38. The van der Waals surface area contributed by atoms with Crippen molar-refractivity contribution in [2.24, 2.45) is 5.92 Å². The van der Waals surface area contributed by atoms with E-state index in [0.717, 1.165) is 11.4 Å². The third kappa shape index (κ3) is 5.10. The predicted octanol–water partition coefficient (Wildman–Crippen LogP) is 5.40. The van der Waals surface area contributed by atoms with E-state index in [1.807, 2.05) is 48.5 Å². The van der Waals surface area contributed by atoms with Crippen LogP contribution in [0.25, 0.3) is 5.57 Å². The van der Waals surface area contributed by atoms with E-state index in [1.54, 1.807) is 6.08 Å². The second-order valence-electron chi connectivity index (χ2n) is 9.44. The van der Waals surface area contributed by atoms with Crippen molar-refractivity contribution in [3.63, 3.8) is 0 Å². The molecule has 3 rings (SSSR count). The van der Waals surface area contributed by atoms with Gasteiger partial charge in [-0.3, -0.25) is 14.5 Å². The number of benzene rings is 2. The monoisotopic (exact) mass is 432 g/mol. The summed E-state index contributed by atoms with van der Waals surface area (Å²) in [5.74, 6) is 0.457. The molecule has 0 atom stereocenters. The van der Waals surface area contributed by atoms with Crippen LogP contribution < -0.4 is 10.1 Å². The van der Waals surface area contributed by atoms with Gasteiger partial charge < -0.3 is 10.1 Å². The van der Waals surface area contributed by atoms with Gasteiger partial charge in [0.05, 0.1) is 12.2 Å². The van der Waals surface area contributed by atoms with Gasteiger partial charge in [0.1, 0.15) is 11.4 Å². The summed E-state index contributed by atoms with van der Waals surface area (Å²) in [4.78, 5) is 27.4. The largest absolute Gasteiger partial charge is 0.493 e. The van der Waals surface area contributed by atoms with Crippen LogP contribution in [-0.4, -0.2) is 29.9 Å². The summed E-state index contributed by atoms with van der Waals surface area (Å²) in [5.41, 5.74) is 3.27. The van der Waals surface area contributed by atoms with Crippen molar-refractivity contribution in [1.29, 1.82) is 0 Å². The molecule has 0 unspecified atom stereocenters. The van der Waals surface area contributed by atoms with Crippen LogP contribution in [0.4, 0.5) is 5.69 Å². The van der Waals surface area contributed by atoms with Crippen LogP contribution in [0.5, 0.6) is 5.75 Å². The fraction of sp³-hybridized carbons (Fsp3) is 0.333. The van der Waals surface area contributed by atoms with E-state index < -0.39 is 0 Å². The number of nitrogens with one attached hydrogen (secondary N) is 1. The Kier molecular flexibility index (Phi) is 6.87. The minimum atomic E-state index is -0.357. The first-order valence-corrected chi connectivity index (χ1v) is 10.9. The molecule has 0 fully saturated rings. The molecular formula is C27H32N2O3. The quantitative estimate of drug-likeness (QED) is 0.448. The van der Waals surface area contributed by atoms with E-state index in [0.29, 0.717) is 23.7 Å². The van der Waals surface area contributed by atoms with Crippen LogP contribution in [0, 0.1) is 5.92 Å². The predicted molar refractivity (Wildman–Crippen MR) is 129 cm³/mol. The van der Waals surface area contributed by atoms with Crippen molar-refractivity contribution < 1.29 is 14.3 Å². The number of rotatable bonds is 8. The second kappa shape index (κ2) is 9.43. The third-order valence-electron chi connectivity index (χ3n) is 5.23. The maximum absolute atomic E-state index is 13.1. The van der Waals surface area contributed by atoms with E-state index in [1.165, 1.54) is 10.5 Å². The fourth-order valence-electron chi connectivity index (χ4n) is 3.43. The minimum Gasteiger partial charge on any atom is -0.493 e. The Bertz CT molecular complexity index is 1030. The van der Waals surface area contributed by atoms with Crippen molar-refractivity contribution in [2.45, 2.75) is 40.0 Å². The zero-order valence-corrected chi connectivity index (χ0v) is 19.6. The molecule has 0 aliphatic carbocycles. The molecule has 0 saturated carbocycles. The molecule has 0 radical (unpaired) electrons. The minimum absolute atomic E-state index is 0.0300. The summed E-state index contributed by atoms with van der Waals surface area (Å²) in [6.07, 6.45) is 1.55. The molecule has 1 heterocycles. The fourth-order valence-corrected chi connectivity index (χ4v) is 3.43. The molecule has 0 saturated heterocycles. The Morgan fingerprint density at radius 2 is 1.62 bits per heavy atom. The maximum Gasteiger partial charge on any atom is 0.278 e. The number of hydrogen-bond acceptors (Lipinski definition) is 4. The second-order valence-corrected chi connectivity index (χ2v) is 9.44. The molecule has 0 bridgehead atoms. The Morgan fingerprint density at radius 3 is 2.16 bits per heavy atom. The van der Waals surface area contributed by atoms with Crippen LogP contribution in [0.15, 0.2) is 66.9 Å². The normalized spacial score (nSPS) is 14.4. The van der Waals surface area contributed by atoms with Crippen LogP contribution >= 0.6 is 0 Å². The number of carbonyl (C=O) groups is 2. The molecule has 5 heteroatoms. The van der Waals surface area contributed by atoms with Crippen LogP contribution in [0.2, 0.25) is 0 Å². The summed E-state index contributed by atoms with van der Waals surface area (Å²) < 4.78 is 5.75. The standard InChI is InChI=1S/C27H32N2O3/c1-7-16-29-25(30)23(19-8-14-22(15-9-19)32-17-18(2)3)24(26(29)31)28-21-12-10-20(11-13-21)27(4,5)6/h7-15,18,28H,1,16-17H2,2-6H3. The SMILES string of the molecule is C=CCN1C(=O)C(Nc2ccc(C(C)(C)C)cc2)=C(c2ccc(OCC(C)C)cc2)C1=O. The Morgan fingerprint density at radius 1 is 1.00 bits per heavy atom. The van der Waals surface area contributed by atoms with Gasteiger partial charge in [0.25, 0.3) is 11.8 Å². The number of nitrogens with zero attached hydrogens (tertiary/aromatic N) is 1. The number of ether oxygens (including phenoxy) is 1. The highest BCUT2D eigenvalue weighted by molar-refractivity contribution is 6.36. The highest BCUT2D eigenvalue weighted by atomic mass is 16.5. The summed E-state index contributed by atoms with van der Waals surface area (Å²) in [5, 5.41) is 3.19. The van der Waals surface area contributed by atoms with Gasteiger partial charge in [-0.2, -0.15) is 0 Å². The van der Waals surface area contributed by atoms with Gasteiger partial charge in [0.2, 0.25) is 0 Å². The van der Waals surface area contributed by atoms with E-state index >= 15 is 0 Å². The number of amides is 2. The lowest BCUT2D eigenvalue weighted by molar-refractivity contribution is -0.136. The first-order chi connectivity index (χ1) is 15.1. The molecular weight excluding hydrogens is 400 g/mol. The molecule has 168 valence electrons. The average Bonchev–Trinajstić information content (AvgIpc) is 2.97. The highest BCUT2D eigenvalue weighted by Crippen LogP contribution is 2.32. The number of anilines is 1. The molecule has 2 aromatic carbocycles. The average molecular weight is 433 g/mol. The van der Waals surface area contributed by atoms with Crippen LogP contribution in [0.3, 0.4) is 0 Å². The first-order valence-electron chi connectivity index (χ1n) is 10.9. The number of imide groups is 1. The van der Waals surface area contributed by atoms with Crippen molar-refractivity contribution in [1.82, 2.24) is 4.90 Å². The lowest BCUT2D eigenvalue weighted by atomic mass is 9.87. The smallest absolute Gasteiger partial charge is 0.278 e. The zero-order chi connectivity index (χ0) is 23.5. The molecule has 0 spiro atoms. The van der Waals surface area contributed by atoms with Crippen LogP contribution in [-0.2, 0) is 15.0 Å². The summed E-state index contributed by atoms with van der Waals surface area (Å²) in [7, 11) is 0. The van der Waals surface area contributed by atoms with Crippen molar-refractivity contribution in [2.75, 3.05) is 18.5 Å². The van der Waals surface area contributed by atoms with E-state index in [2.05, 4.69) is 46.5 Å². The van der Waals surface area contributed by atoms with E-state index in [-0.39, 0.29) is 29.5 Å². The lowest BCUT2D eigenvalue weighted by Crippen LogP contribution is -2.32. The molecule has 2 aromatic rings. The van der Waals surface area contributed by atoms with Crippen molar-refractivity contribution in [3.05, 3.63) is 78.0 Å². The molecule has 2 amide bonds. The first kappa shape index (κ1) is 23.3. The number of carbonyl (C=O) groups excluding carboxylic acids is 2. The molecule has 1 aliphatic rings. The molecule has 1 aliphatic heterocycles. The van der Waals surface area contributed by atoms with Gasteiger partial charge in [0.15, 0.2) is 0 Å². The zero-order valence-electron chi connectivity index (χ0n) is 19.6. The molecule has 5 nitrogen and oxygen atoms in total. The van der Waals surface area contributed by atoms with Gasteiger partial charge in [-0.05, 0) is 46.7 Å². The Hall–Kier alpha value is -3.34. The van der Waals surface area contributed by atoms with Gasteiger partial charge in [-0.1, -0.05) is 65.0 Å². The van der Waals surface area contributed by atoms with E-state index in [4.69, 9.17) is 4.74 Å².